The Bertz CT molecular complexity index is 719. The summed E-state index contributed by atoms with van der Waals surface area (Å²) in [7, 11) is -3.71. The van der Waals surface area contributed by atoms with Gasteiger partial charge >= 0.3 is 0 Å². The van der Waals surface area contributed by atoms with E-state index in [1.165, 1.54) is 10.4 Å². The van der Waals surface area contributed by atoms with Crippen LogP contribution in [0.15, 0.2) is 23.1 Å². The van der Waals surface area contributed by atoms with Gasteiger partial charge in [0.15, 0.2) is 0 Å². The van der Waals surface area contributed by atoms with Crippen LogP contribution in [0.1, 0.15) is 20.3 Å². The van der Waals surface area contributed by atoms with Gasteiger partial charge in [-0.15, -0.1) is 0 Å². The molecule has 1 aliphatic rings. The summed E-state index contributed by atoms with van der Waals surface area (Å²) < 4.78 is 27.0. The zero-order valence-electron chi connectivity index (χ0n) is 14.3. The lowest BCUT2D eigenvalue weighted by Gasteiger charge is -2.36. The van der Waals surface area contributed by atoms with Crippen molar-refractivity contribution in [3.05, 3.63) is 28.2 Å². The number of hydrogen-bond donors (Lipinski definition) is 1. The topological polar surface area (TPSA) is 69.7 Å². The Morgan fingerprint density at radius 2 is 1.88 bits per heavy atom. The molecule has 2 rings (SSSR count). The average molecular weight is 408 g/mol. The summed E-state index contributed by atoms with van der Waals surface area (Å²) in [5, 5.41) is 3.12. The maximum atomic E-state index is 12.8. The van der Waals surface area contributed by atoms with Crippen molar-refractivity contribution in [2.75, 3.05) is 32.7 Å². The molecule has 1 atom stereocenters. The normalized spacial score (nSPS) is 18.1. The Labute approximate surface area is 159 Å². The fraction of sp³-hybridized carbons (Fsp3) is 0.562. The monoisotopic (exact) mass is 407 g/mol. The number of hydrogen-bond acceptors (Lipinski definition) is 4. The minimum absolute atomic E-state index is 0.0175. The van der Waals surface area contributed by atoms with Crippen LogP contribution in [-0.2, 0) is 14.8 Å². The van der Waals surface area contributed by atoms with Gasteiger partial charge in [-0.05, 0) is 25.5 Å². The molecule has 1 fully saturated rings. The summed E-state index contributed by atoms with van der Waals surface area (Å²) >= 11 is 12.0. The maximum absolute atomic E-state index is 12.8. The van der Waals surface area contributed by atoms with E-state index < -0.39 is 10.0 Å². The first-order chi connectivity index (χ1) is 11.8. The Kier molecular flexibility index (Phi) is 7.10. The van der Waals surface area contributed by atoms with Crippen molar-refractivity contribution in [1.29, 1.82) is 0 Å². The van der Waals surface area contributed by atoms with Crippen molar-refractivity contribution in [2.45, 2.75) is 31.2 Å². The molecule has 1 aromatic carbocycles. The molecule has 1 N–H and O–H groups in total. The van der Waals surface area contributed by atoms with Crippen LogP contribution in [0, 0.1) is 0 Å². The van der Waals surface area contributed by atoms with Crippen LogP contribution >= 0.6 is 23.2 Å². The van der Waals surface area contributed by atoms with Crippen LogP contribution in [0.4, 0.5) is 0 Å². The Balaban J connectivity index is 2.04. The Hall–Kier alpha value is -0.860. The molecule has 1 amide bonds. The van der Waals surface area contributed by atoms with Crippen molar-refractivity contribution in [2.24, 2.45) is 0 Å². The number of carbonyl (C=O) groups excluding carboxylic acids is 1. The van der Waals surface area contributed by atoms with E-state index in [4.69, 9.17) is 23.2 Å². The molecule has 0 spiro atoms. The highest BCUT2D eigenvalue weighted by Crippen LogP contribution is 2.31. The largest absolute Gasteiger partial charge is 0.355 e. The van der Waals surface area contributed by atoms with Crippen LogP contribution in [0.25, 0.3) is 0 Å². The third-order valence-corrected chi connectivity index (χ3v) is 7.16. The number of amides is 1. The van der Waals surface area contributed by atoms with E-state index in [-0.39, 0.29) is 26.9 Å². The minimum Gasteiger partial charge on any atom is -0.355 e. The van der Waals surface area contributed by atoms with E-state index in [0.717, 1.165) is 6.42 Å². The maximum Gasteiger partial charge on any atom is 0.244 e. The van der Waals surface area contributed by atoms with Gasteiger partial charge in [-0.3, -0.25) is 9.69 Å². The Morgan fingerprint density at radius 1 is 1.24 bits per heavy atom. The number of rotatable bonds is 6. The zero-order chi connectivity index (χ0) is 18.6. The second kappa shape index (κ2) is 8.68. The van der Waals surface area contributed by atoms with E-state index in [1.807, 2.05) is 18.7 Å². The van der Waals surface area contributed by atoms with Crippen LogP contribution in [-0.4, -0.2) is 62.3 Å². The van der Waals surface area contributed by atoms with E-state index in [1.54, 1.807) is 12.1 Å². The number of halogens is 2. The summed E-state index contributed by atoms with van der Waals surface area (Å²) in [5.74, 6) is -0.0314. The van der Waals surface area contributed by atoms with Gasteiger partial charge in [-0.2, -0.15) is 4.31 Å². The molecule has 9 heteroatoms. The lowest BCUT2D eigenvalue weighted by atomic mass is 10.2. The van der Waals surface area contributed by atoms with E-state index in [0.29, 0.717) is 32.7 Å². The van der Waals surface area contributed by atoms with Gasteiger partial charge in [0.05, 0.1) is 16.1 Å². The van der Waals surface area contributed by atoms with Gasteiger partial charge in [0.1, 0.15) is 4.90 Å². The summed E-state index contributed by atoms with van der Waals surface area (Å²) in [4.78, 5) is 14.1. The Morgan fingerprint density at radius 3 is 2.48 bits per heavy atom. The van der Waals surface area contributed by atoms with E-state index >= 15 is 0 Å². The molecule has 1 heterocycles. The predicted octanol–water partition coefficient (Wildman–Crippen LogP) is 2.21. The highest BCUT2D eigenvalue weighted by atomic mass is 35.5. The molecule has 6 nitrogen and oxygen atoms in total. The number of benzene rings is 1. The standard InChI is InChI=1S/C16H23Cl2N3O3S/c1-3-7-19-16(22)12(2)20-8-10-21(11-9-20)25(23,24)14-6-4-5-13(17)15(14)18/h4-6,12H,3,7-11H2,1-2H3,(H,19,22). The van der Waals surface area contributed by atoms with E-state index in [9.17, 15) is 13.2 Å². The third-order valence-electron chi connectivity index (χ3n) is 4.28. The first-order valence-corrected chi connectivity index (χ1v) is 10.4. The molecule has 140 valence electrons. The van der Waals surface area contributed by atoms with Crippen LogP contribution in [0.2, 0.25) is 10.0 Å². The van der Waals surface area contributed by atoms with Crippen LogP contribution in [0.5, 0.6) is 0 Å². The number of nitrogens with one attached hydrogen (secondary N) is 1. The molecule has 0 radical (unpaired) electrons. The first-order valence-electron chi connectivity index (χ1n) is 8.25. The van der Waals surface area contributed by atoms with Crippen molar-refractivity contribution in [3.63, 3.8) is 0 Å². The summed E-state index contributed by atoms with van der Waals surface area (Å²) in [6.45, 7) is 6.05. The van der Waals surface area contributed by atoms with Crippen molar-refractivity contribution < 1.29 is 13.2 Å². The second-order valence-corrected chi connectivity index (χ2v) is 8.65. The van der Waals surface area contributed by atoms with Crippen LogP contribution < -0.4 is 5.32 Å². The first kappa shape index (κ1) is 20.5. The number of carbonyl (C=O) groups is 1. The SMILES string of the molecule is CCCNC(=O)C(C)N1CCN(S(=O)(=O)c2cccc(Cl)c2Cl)CC1. The van der Waals surface area contributed by atoms with Gasteiger partial charge in [0.2, 0.25) is 15.9 Å². The molecule has 0 aliphatic carbocycles. The summed E-state index contributed by atoms with van der Waals surface area (Å²) in [6.07, 6.45) is 0.880. The van der Waals surface area contributed by atoms with Gasteiger partial charge in [-0.1, -0.05) is 36.2 Å². The molecule has 0 aromatic heterocycles. The number of sulfonamides is 1. The minimum atomic E-state index is -3.71. The molecule has 25 heavy (non-hydrogen) atoms. The molecule has 0 bridgehead atoms. The summed E-state index contributed by atoms with van der Waals surface area (Å²) in [5.41, 5.74) is 0. The van der Waals surface area contributed by atoms with Crippen LogP contribution in [0.3, 0.4) is 0 Å². The highest BCUT2D eigenvalue weighted by Gasteiger charge is 2.33. The molecule has 1 aliphatic heterocycles. The van der Waals surface area contributed by atoms with Crippen molar-refractivity contribution >= 4 is 39.1 Å². The predicted molar refractivity (Wildman–Crippen MR) is 99.6 cm³/mol. The second-order valence-electron chi connectivity index (χ2n) is 5.96. The smallest absolute Gasteiger partial charge is 0.244 e. The molecule has 1 unspecified atom stereocenters. The number of piperazine rings is 1. The molecular formula is C16H23Cl2N3O3S. The molecule has 1 saturated heterocycles. The zero-order valence-corrected chi connectivity index (χ0v) is 16.7. The molecular weight excluding hydrogens is 385 g/mol. The fourth-order valence-corrected chi connectivity index (χ4v) is 4.87. The van der Waals surface area contributed by atoms with Crippen molar-refractivity contribution in [3.8, 4) is 0 Å². The third kappa shape index (κ3) is 4.65. The van der Waals surface area contributed by atoms with Gasteiger partial charge in [0.25, 0.3) is 0 Å². The highest BCUT2D eigenvalue weighted by molar-refractivity contribution is 7.89. The van der Waals surface area contributed by atoms with E-state index in [2.05, 4.69) is 5.32 Å². The van der Waals surface area contributed by atoms with Crippen molar-refractivity contribution in [1.82, 2.24) is 14.5 Å². The lowest BCUT2D eigenvalue weighted by Crippen LogP contribution is -2.54. The molecule has 0 saturated carbocycles. The van der Waals surface area contributed by atoms with Gasteiger partial charge in [-0.25, -0.2) is 8.42 Å². The quantitative estimate of drug-likeness (QED) is 0.784. The molecule has 1 aromatic rings. The average Bonchev–Trinajstić information content (AvgIpc) is 2.61. The fourth-order valence-electron chi connectivity index (χ4n) is 2.72. The van der Waals surface area contributed by atoms with Gasteiger partial charge in [0, 0.05) is 32.7 Å². The van der Waals surface area contributed by atoms with Gasteiger partial charge < -0.3 is 5.32 Å². The number of nitrogens with zero attached hydrogens (tertiary/aromatic N) is 2. The lowest BCUT2D eigenvalue weighted by molar-refractivity contribution is -0.126. The summed E-state index contributed by atoms with van der Waals surface area (Å²) in [6, 6.07) is 4.29.